The van der Waals surface area contributed by atoms with Gasteiger partial charge in [-0.2, -0.15) is 0 Å². The molecule has 1 aromatic carbocycles. The monoisotopic (exact) mass is 206 g/mol. The summed E-state index contributed by atoms with van der Waals surface area (Å²) in [4.78, 5) is 2.40. The van der Waals surface area contributed by atoms with Crippen LogP contribution in [0.25, 0.3) is 0 Å². The van der Waals surface area contributed by atoms with Crippen LogP contribution in [-0.4, -0.2) is 29.6 Å². The third-order valence-corrected chi connectivity index (χ3v) is 3.02. The fourth-order valence-corrected chi connectivity index (χ4v) is 2.16. The predicted octanol–water partition coefficient (Wildman–Crippen LogP) is 1.17. The second kappa shape index (κ2) is 4.64. The van der Waals surface area contributed by atoms with E-state index in [1.807, 2.05) is 12.1 Å². The highest BCUT2D eigenvalue weighted by atomic mass is 16.3. The Kier molecular flexibility index (Phi) is 3.23. The molecule has 1 atom stereocenters. The minimum Gasteiger partial charge on any atom is -0.508 e. The van der Waals surface area contributed by atoms with Gasteiger partial charge < -0.3 is 10.8 Å². The Hall–Kier alpha value is -1.06. The molecule has 0 amide bonds. The van der Waals surface area contributed by atoms with Gasteiger partial charge in [0.05, 0.1) is 0 Å². The second-order valence-corrected chi connectivity index (χ2v) is 4.30. The largest absolute Gasteiger partial charge is 0.508 e. The van der Waals surface area contributed by atoms with Gasteiger partial charge in [0.2, 0.25) is 0 Å². The highest BCUT2D eigenvalue weighted by Crippen LogP contribution is 2.19. The summed E-state index contributed by atoms with van der Waals surface area (Å²) in [5, 5.41) is 9.35. The molecule has 1 heterocycles. The Morgan fingerprint density at radius 3 is 3.00 bits per heavy atom. The number of aromatic hydroxyl groups is 1. The first-order chi connectivity index (χ1) is 7.28. The number of phenols is 1. The molecule has 0 radical (unpaired) electrons. The molecule has 1 aliphatic heterocycles. The highest BCUT2D eigenvalue weighted by Gasteiger charge is 2.20. The normalized spacial score (nSPS) is 22.1. The van der Waals surface area contributed by atoms with Gasteiger partial charge >= 0.3 is 0 Å². The summed E-state index contributed by atoms with van der Waals surface area (Å²) in [5.41, 5.74) is 6.82. The van der Waals surface area contributed by atoms with Crippen molar-refractivity contribution in [2.75, 3.05) is 19.6 Å². The summed E-state index contributed by atoms with van der Waals surface area (Å²) in [5.74, 6) is 1.00. The Balaban J connectivity index is 1.92. The Morgan fingerprint density at radius 1 is 1.47 bits per heavy atom. The first-order valence-corrected chi connectivity index (χ1v) is 5.48. The first-order valence-electron chi connectivity index (χ1n) is 5.48. The molecule has 2 rings (SSSR count). The zero-order valence-corrected chi connectivity index (χ0v) is 8.89. The number of hydrogen-bond donors (Lipinski definition) is 2. The number of nitrogens with two attached hydrogens (primary N) is 1. The van der Waals surface area contributed by atoms with E-state index in [4.69, 9.17) is 5.73 Å². The minimum absolute atomic E-state index is 0.349. The predicted molar refractivity (Wildman–Crippen MR) is 60.5 cm³/mol. The van der Waals surface area contributed by atoms with Crippen molar-refractivity contribution in [2.24, 2.45) is 11.7 Å². The molecule has 1 saturated heterocycles. The standard InChI is InChI=1S/C12H18N2O/c13-7-11-4-5-14(9-11)8-10-2-1-3-12(15)6-10/h1-3,6,11,15H,4-5,7-9,13H2. The second-order valence-electron chi connectivity index (χ2n) is 4.30. The van der Waals surface area contributed by atoms with Crippen molar-refractivity contribution in [3.05, 3.63) is 29.8 Å². The van der Waals surface area contributed by atoms with Gasteiger partial charge in [-0.05, 0) is 43.1 Å². The molecule has 0 aromatic heterocycles. The summed E-state index contributed by atoms with van der Waals surface area (Å²) in [7, 11) is 0. The van der Waals surface area contributed by atoms with Gasteiger partial charge in [0.25, 0.3) is 0 Å². The number of hydrogen-bond acceptors (Lipinski definition) is 3. The van der Waals surface area contributed by atoms with Gasteiger partial charge in [-0.1, -0.05) is 12.1 Å². The molecular weight excluding hydrogens is 188 g/mol. The Morgan fingerprint density at radius 2 is 2.33 bits per heavy atom. The van der Waals surface area contributed by atoms with Crippen LogP contribution in [0.15, 0.2) is 24.3 Å². The summed E-state index contributed by atoms with van der Waals surface area (Å²) in [6.45, 7) is 3.92. The smallest absolute Gasteiger partial charge is 0.115 e. The minimum atomic E-state index is 0.349. The fraction of sp³-hybridized carbons (Fsp3) is 0.500. The highest BCUT2D eigenvalue weighted by molar-refractivity contribution is 5.27. The molecule has 1 unspecified atom stereocenters. The molecular formula is C12H18N2O. The molecule has 3 heteroatoms. The van der Waals surface area contributed by atoms with E-state index in [1.165, 1.54) is 12.0 Å². The quantitative estimate of drug-likeness (QED) is 0.780. The number of phenolic OH excluding ortho intramolecular Hbond substituents is 1. The molecule has 0 spiro atoms. The average Bonchev–Trinajstić information content (AvgIpc) is 2.65. The van der Waals surface area contributed by atoms with E-state index < -0.39 is 0 Å². The van der Waals surface area contributed by atoms with E-state index in [9.17, 15) is 5.11 Å². The van der Waals surface area contributed by atoms with Crippen LogP contribution in [0, 0.1) is 5.92 Å². The third kappa shape index (κ3) is 2.70. The molecule has 15 heavy (non-hydrogen) atoms. The number of rotatable bonds is 3. The van der Waals surface area contributed by atoms with Gasteiger partial charge in [0.15, 0.2) is 0 Å². The molecule has 82 valence electrons. The summed E-state index contributed by atoms with van der Waals surface area (Å²) in [6.07, 6.45) is 1.20. The van der Waals surface area contributed by atoms with Gasteiger partial charge in [-0.3, -0.25) is 4.90 Å². The molecule has 1 fully saturated rings. The molecule has 3 N–H and O–H groups in total. The van der Waals surface area contributed by atoms with Crippen LogP contribution in [-0.2, 0) is 6.54 Å². The number of likely N-dealkylation sites (tertiary alicyclic amines) is 1. The van der Waals surface area contributed by atoms with Crippen molar-refractivity contribution in [1.29, 1.82) is 0 Å². The molecule has 0 bridgehead atoms. The summed E-state index contributed by atoms with van der Waals surface area (Å²) >= 11 is 0. The lowest BCUT2D eigenvalue weighted by molar-refractivity contribution is 0.317. The molecule has 0 saturated carbocycles. The summed E-state index contributed by atoms with van der Waals surface area (Å²) in [6, 6.07) is 7.47. The van der Waals surface area contributed by atoms with E-state index in [0.717, 1.165) is 26.2 Å². The molecule has 1 aliphatic rings. The lowest BCUT2D eigenvalue weighted by Gasteiger charge is -2.15. The van der Waals surface area contributed by atoms with Crippen LogP contribution in [0.3, 0.4) is 0 Å². The van der Waals surface area contributed by atoms with Crippen molar-refractivity contribution in [2.45, 2.75) is 13.0 Å². The molecule has 1 aromatic rings. The van der Waals surface area contributed by atoms with Crippen molar-refractivity contribution < 1.29 is 5.11 Å². The van der Waals surface area contributed by atoms with E-state index >= 15 is 0 Å². The summed E-state index contributed by atoms with van der Waals surface area (Å²) < 4.78 is 0. The van der Waals surface area contributed by atoms with Gasteiger partial charge in [0.1, 0.15) is 5.75 Å². The maximum atomic E-state index is 9.35. The van der Waals surface area contributed by atoms with Crippen LogP contribution in [0.4, 0.5) is 0 Å². The topological polar surface area (TPSA) is 49.5 Å². The third-order valence-electron chi connectivity index (χ3n) is 3.02. The SMILES string of the molecule is NCC1CCN(Cc2cccc(O)c2)C1. The Bertz CT molecular complexity index is 327. The van der Waals surface area contributed by atoms with E-state index in [1.54, 1.807) is 6.07 Å². The van der Waals surface area contributed by atoms with Gasteiger partial charge in [-0.25, -0.2) is 0 Å². The molecule has 3 nitrogen and oxygen atoms in total. The van der Waals surface area contributed by atoms with E-state index in [-0.39, 0.29) is 0 Å². The van der Waals surface area contributed by atoms with Crippen molar-refractivity contribution in [1.82, 2.24) is 4.90 Å². The maximum Gasteiger partial charge on any atom is 0.115 e. The van der Waals surface area contributed by atoms with Gasteiger partial charge in [0, 0.05) is 13.1 Å². The Labute approximate surface area is 90.5 Å². The fourth-order valence-electron chi connectivity index (χ4n) is 2.16. The number of benzene rings is 1. The average molecular weight is 206 g/mol. The van der Waals surface area contributed by atoms with E-state index in [0.29, 0.717) is 11.7 Å². The van der Waals surface area contributed by atoms with Crippen molar-refractivity contribution in [3.63, 3.8) is 0 Å². The maximum absolute atomic E-state index is 9.35. The first kappa shape index (κ1) is 10.5. The lowest BCUT2D eigenvalue weighted by Crippen LogP contribution is -2.22. The zero-order valence-electron chi connectivity index (χ0n) is 8.89. The van der Waals surface area contributed by atoms with Crippen LogP contribution in [0.5, 0.6) is 5.75 Å². The van der Waals surface area contributed by atoms with Crippen LogP contribution in [0.2, 0.25) is 0 Å². The van der Waals surface area contributed by atoms with Crippen LogP contribution < -0.4 is 5.73 Å². The lowest BCUT2D eigenvalue weighted by atomic mass is 10.1. The van der Waals surface area contributed by atoms with Crippen LogP contribution >= 0.6 is 0 Å². The number of nitrogens with zero attached hydrogens (tertiary/aromatic N) is 1. The van der Waals surface area contributed by atoms with Crippen molar-refractivity contribution >= 4 is 0 Å². The van der Waals surface area contributed by atoms with Gasteiger partial charge in [-0.15, -0.1) is 0 Å². The van der Waals surface area contributed by atoms with Crippen LogP contribution in [0.1, 0.15) is 12.0 Å². The molecule has 0 aliphatic carbocycles. The zero-order chi connectivity index (χ0) is 10.7. The van der Waals surface area contributed by atoms with E-state index in [2.05, 4.69) is 11.0 Å². The van der Waals surface area contributed by atoms with Crippen molar-refractivity contribution in [3.8, 4) is 5.75 Å².